The number of rotatable bonds is 14. The molecule has 2 aromatic rings. The van der Waals surface area contributed by atoms with Crippen LogP contribution in [-0.4, -0.2) is 0 Å². The van der Waals surface area contributed by atoms with Crippen molar-refractivity contribution in [2.75, 3.05) is 0 Å². The highest BCUT2D eigenvalue weighted by Gasteiger charge is 2.16. The zero-order valence-corrected chi connectivity index (χ0v) is 24.5. The number of fused-ring (bicyclic) bond motifs is 1. The maximum absolute atomic E-state index is 2.52. The Bertz CT molecular complexity index is 823. The van der Waals surface area contributed by atoms with Gasteiger partial charge in [-0.2, -0.15) is 0 Å². The Morgan fingerprint density at radius 1 is 0.500 bits per heavy atom. The maximum Gasteiger partial charge on any atom is -0.0117 e. The molecule has 0 saturated carbocycles. The fourth-order valence-electron chi connectivity index (χ4n) is 5.93. The summed E-state index contributed by atoms with van der Waals surface area (Å²) < 4.78 is 0. The van der Waals surface area contributed by atoms with Crippen LogP contribution >= 0.6 is 0 Å². The van der Waals surface area contributed by atoms with Gasteiger partial charge < -0.3 is 0 Å². The molecule has 0 saturated heterocycles. The smallest absolute Gasteiger partial charge is 0.0117 e. The highest BCUT2D eigenvalue weighted by atomic mass is 14.2. The Morgan fingerprint density at radius 3 is 1.18 bits per heavy atom. The summed E-state index contributed by atoms with van der Waals surface area (Å²) in [7, 11) is 0. The number of hydrogen-bond acceptors (Lipinski definition) is 0. The van der Waals surface area contributed by atoms with Gasteiger partial charge in [0, 0.05) is 0 Å². The molecule has 0 heterocycles. The molecule has 0 aliphatic rings. The van der Waals surface area contributed by atoms with E-state index < -0.39 is 0 Å². The third kappa shape index (κ3) is 8.42. The zero-order chi connectivity index (χ0) is 25.4. The average Bonchev–Trinajstić information content (AvgIpc) is 2.74. The first-order valence-corrected chi connectivity index (χ1v) is 14.5. The Balaban J connectivity index is 2.14. The van der Waals surface area contributed by atoms with Crippen molar-refractivity contribution in [3.63, 3.8) is 0 Å². The van der Waals surface area contributed by atoms with Gasteiger partial charge in [0.25, 0.3) is 0 Å². The molecule has 0 radical (unpaired) electrons. The van der Waals surface area contributed by atoms with Crippen LogP contribution in [0.2, 0.25) is 0 Å². The quantitative estimate of drug-likeness (QED) is 0.261. The maximum atomic E-state index is 2.52. The third-order valence-corrected chi connectivity index (χ3v) is 8.30. The molecule has 192 valence electrons. The van der Waals surface area contributed by atoms with Gasteiger partial charge in [-0.15, -0.1) is 0 Å². The van der Waals surface area contributed by atoms with Crippen LogP contribution in [0.4, 0.5) is 0 Å². The van der Waals surface area contributed by atoms with Gasteiger partial charge in [-0.1, -0.05) is 92.2 Å². The van der Waals surface area contributed by atoms with Gasteiger partial charge in [0.05, 0.1) is 0 Å². The monoisotopic (exact) mass is 464 g/mol. The van der Waals surface area contributed by atoms with Crippen LogP contribution in [0.15, 0.2) is 12.1 Å². The lowest BCUT2D eigenvalue weighted by Gasteiger charge is -2.21. The summed E-state index contributed by atoms with van der Waals surface area (Å²) >= 11 is 0. The standard InChI is InChI=1S/C34H56/c1-23(2)13-11-15-25(5)17-19-31-21-27(7)34-30(10)32(22-28(8)33(34)29(31)9)20-18-26(6)16-12-14-24(3)4/h21-26H,11-20H2,1-10H3. The van der Waals surface area contributed by atoms with Crippen LogP contribution in [0.1, 0.15) is 126 Å². The highest BCUT2D eigenvalue weighted by molar-refractivity contribution is 5.95. The summed E-state index contributed by atoms with van der Waals surface area (Å²) in [5, 5.41) is 3.07. The molecule has 0 N–H and O–H groups in total. The number of hydrogen-bond donors (Lipinski definition) is 0. The van der Waals surface area contributed by atoms with Gasteiger partial charge in [0.15, 0.2) is 0 Å². The molecule has 0 aliphatic heterocycles. The Hall–Kier alpha value is -1.30. The second-order valence-electron chi connectivity index (χ2n) is 12.6. The van der Waals surface area contributed by atoms with Gasteiger partial charge in [-0.25, -0.2) is 0 Å². The summed E-state index contributed by atoms with van der Waals surface area (Å²) in [5.74, 6) is 3.31. The first-order chi connectivity index (χ1) is 16.0. The minimum absolute atomic E-state index is 0.821. The first kappa shape index (κ1) is 28.9. The van der Waals surface area contributed by atoms with Gasteiger partial charge in [-0.3, -0.25) is 0 Å². The molecule has 0 heteroatoms. The minimum Gasteiger partial charge on any atom is -0.0628 e. The van der Waals surface area contributed by atoms with E-state index >= 15 is 0 Å². The second kappa shape index (κ2) is 13.7. The molecule has 2 rings (SSSR count). The highest BCUT2D eigenvalue weighted by Crippen LogP contribution is 2.35. The van der Waals surface area contributed by atoms with Crippen LogP contribution in [0, 0.1) is 51.4 Å². The van der Waals surface area contributed by atoms with E-state index in [1.165, 1.54) is 97.2 Å². The van der Waals surface area contributed by atoms with Crippen molar-refractivity contribution in [2.24, 2.45) is 23.7 Å². The van der Waals surface area contributed by atoms with Crippen LogP contribution in [0.25, 0.3) is 10.8 Å². The Kier molecular flexibility index (Phi) is 11.7. The van der Waals surface area contributed by atoms with Crippen molar-refractivity contribution < 1.29 is 0 Å². The fourth-order valence-corrected chi connectivity index (χ4v) is 5.93. The first-order valence-electron chi connectivity index (χ1n) is 14.5. The molecular formula is C34H56. The van der Waals surface area contributed by atoms with E-state index in [1.807, 2.05) is 0 Å². The molecule has 2 unspecified atom stereocenters. The lowest BCUT2D eigenvalue weighted by atomic mass is 9.84. The SMILES string of the molecule is Cc1cc(CCC(C)CCCC(C)C)c(C)c2c(C)cc(CCC(C)CCCC(C)C)c(C)c12. The molecule has 0 fully saturated rings. The van der Waals surface area contributed by atoms with Gasteiger partial charge in [-0.05, 0) is 121 Å². The fraction of sp³-hybridized carbons (Fsp3) is 0.706. The van der Waals surface area contributed by atoms with E-state index in [9.17, 15) is 0 Å². The molecule has 0 aliphatic carbocycles. The van der Waals surface area contributed by atoms with Gasteiger partial charge in [0.2, 0.25) is 0 Å². The number of benzene rings is 2. The van der Waals surface area contributed by atoms with E-state index in [-0.39, 0.29) is 0 Å². The predicted octanol–water partition coefficient (Wildman–Crippen LogP) is 10.9. The molecule has 34 heavy (non-hydrogen) atoms. The van der Waals surface area contributed by atoms with Crippen molar-refractivity contribution in [2.45, 2.75) is 133 Å². The average molecular weight is 465 g/mol. The molecule has 0 nitrogen and oxygen atoms in total. The van der Waals surface area contributed by atoms with Crippen molar-refractivity contribution in [1.29, 1.82) is 0 Å². The van der Waals surface area contributed by atoms with Crippen molar-refractivity contribution in [1.82, 2.24) is 0 Å². The van der Waals surface area contributed by atoms with Crippen LogP contribution < -0.4 is 0 Å². The summed E-state index contributed by atoms with van der Waals surface area (Å²) in [6.07, 6.45) is 13.3. The molecule has 2 atom stereocenters. The van der Waals surface area contributed by atoms with Crippen molar-refractivity contribution in [3.8, 4) is 0 Å². The van der Waals surface area contributed by atoms with E-state index in [2.05, 4.69) is 81.4 Å². The molecule has 0 spiro atoms. The van der Waals surface area contributed by atoms with Gasteiger partial charge >= 0.3 is 0 Å². The summed E-state index contributed by atoms with van der Waals surface area (Å²) in [5.41, 5.74) is 9.18. The summed E-state index contributed by atoms with van der Waals surface area (Å²) in [4.78, 5) is 0. The van der Waals surface area contributed by atoms with Gasteiger partial charge in [0.1, 0.15) is 0 Å². The van der Waals surface area contributed by atoms with E-state index in [0.29, 0.717) is 0 Å². The largest absolute Gasteiger partial charge is 0.0628 e. The second-order valence-corrected chi connectivity index (χ2v) is 12.6. The van der Waals surface area contributed by atoms with E-state index in [0.717, 1.165) is 23.7 Å². The predicted molar refractivity (Wildman–Crippen MR) is 155 cm³/mol. The number of aryl methyl sites for hydroxylation is 6. The summed E-state index contributed by atoms with van der Waals surface area (Å²) in [6, 6.07) is 5.03. The zero-order valence-electron chi connectivity index (χ0n) is 24.5. The minimum atomic E-state index is 0.821. The molecule has 0 amide bonds. The molecule has 2 aromatic carbocycles. The van der Waals surface area contributed by atoms with E-state index in [1.54, 1.807) is 11.1 Å². The Labute approximate surface area is 213 Å². The topological polar surface area (TPSA) is 0 Å². The molecule has 0 aromatic heterocycles. The lowest BCUT2D eigenvalue weighted by molar-refractivity contribution is 0.436. The Morgan fingerprint density at radius 2 is 0.853 bits per heavy atom. The third-order valence-electron chi connectivity index (χ3n) is 8.30. The summed E-state index contributed by atoms with van der Waals surface area (Å²) in [6.45, 7) is 23.7. The van der Waals surface area contributed by atoms with Crippen molar-refractivity contribution >= 4 is 10.8 Å². The molecular weight excluding hydrogens is 408 g/mol. The van der Waals surface area contributed by atoms with Crippen LogP contribution in [0.3, 0.4) is 0 Å². The van der Waals surface area contributed by atoms with Crippen LogP contribution in [0.5, 0.6) is 0 Å². The normalized spacial score (nSPS) is 13.9. The van der Waals surface area contributed by atoms with Crippen LogP contribution in [-0.2, 0) is 12.8 Å². The van der Waals surface area contributed by atoms with E-state index in [4.69, 9.17) is 0 Å². The molecule has 0 bridgehead atoms. The van der Waals surface area contributed by atoms with Crippen molar-refractivity contribution in [3.05, 3.63) is 45.5 Å². The lowest BCUT2D eigenvalue weighted by Crippen LogP contribution is -2.04.